The molecule has 0 bridgehead atoms. The maximum absolute atomic E-state index is 11.6. The summed E-state index contributed by atoms with van der Waals surface area (Å²) in [7, 11) is 0. The molecule has 92 valence electrons. The van der Waals surface area contributed by atoms with Gasteiger partial charge in [0.15, 0.2) is 0 Å². The van der Waals surface area contributed by atoms with Gasteiger partial charge in [0.05, 0.1) is 0 Å². The van der Waals surface area contributed by atoms with Crippen LogP contribution in [0.15, 0.2) is 29.8 Å². The first-order valence-corrected chi connectivity index (χ1v) is 6.49. The number of anilines is 1. The Morgan fingerprint density at radius 2 is 2.06 bits per heavy atom. The van der Waals surface area contributed by atoms with Crippen LogP contribution < -0.4 is 5.32 Å². The standard InChI is InChI=1S/C11H7Cl2N3OS/c12-8-2-1-3-9(13)7(8)4-5-10(17)15-11-16-14-6-18-11/h1-6H,(H,15,16,17)/b5-4+. The lowest BCUT2D eigenvalue weighted by Gasteiger charge is -2.00. The number of nitrogens with zero attached hydrogens (tertiary/aromatic N) is 2. The molecule has 0 saturated carbocycles. The van der Waals surface area contributed by atoms with Gasteiger partial charge in [0.2, 0.25) is 11.0 Å². The second kappa shape index (κ2) is 5.95. The quantitative estimate of drug-likeness (QED) is 0.883. The van der Waals surface area contributed by atoms with E-state index in [-0.39, 0.29) is 5.91 Å². The second-order valence-electron chi connectivity index (χ2n) is 3.20. The Kier molecular flexibility index (Phi) is 4.30. The fourth-order valence-electron chi connectivity index (χ4n) is 1.20. The normalized spacial score (nSPS) is 10.8. The van der Waals surface area contributed by atoms with Crippen LogP contribution in [0.3, 0.4) is 0 Å². The van der Waals surface area contributed by atoms with Crippen molar-refractivity contribution in [3.05, 3.63) is 45.4 Å². The number of carbonyl (C=O) groups is 1. The van der Waals surface area contributed by atoms with E-state index in [4.69, 9.17) is 23.2 Å². The van der Waals surface area contributed by atoms with Crippen molar-refractivity contribution in [3.63, 3.8) is 0 Å². The molecule has 1 amide bonds. The molecule has 0 fully saturated rings. The van der Waals surface area contributed by atoms with E-state index in [1.807, 2.05) is 0 Å². The summed E-state index contributed by atoms with van der Waals surface area (Å²) in [5.74, 6) is -0.317. The largest absolute Gasteiger partial charge is 0.297 e. The van der Waals surface area contributed by atoms with Gasteiger partial charge >= 0.3 is 0 Å². The van der Waals surface area contributed by atoms with Crippen LogP contribution >= 0.6 is 34.5 Å². The first-order valence-electron chi connectivity index (χ1n) is 4.86. The number of amides is 1. The lowest BCUT2D eigenvalue weighted by molar-refractivity contribution is -0.111. The molecule has 0 aliphatic carbocycles. The van der Waals surface area contributed by atoms with Crippen LogP contribution in [-0.2, 0) is 4.79 Å². The highest BCUT2D eigenvalue weighted by molar-refractivity contribution is 7.13. The molecule has 1 heterocycles. The maximum Gasteiger partial charge on any atom is 0.250 e. The van der Waals surface area contributed by atoms with Gasteiger partial charge in [-0.2, -0.15) is 0 Å². The van der Waals surface area contributed by atoms with Gasteiger partial charge < -0.3 is 0 Å². The maximum atomic E-state index is 11.6. The number of rotatable bonds is 3. The third-order valence-electron chi connectivity index (χ3n) is 1.99. The summed E-state index contributed by atoms with van der Waals surface area (Å²) in [4.78, 5) is 11.6. The average Bonchev–Trinajstić information content (AvgIpc) is 2.81. The minimum absolute atomic E-state index is 0.317. The molecule has 4 nitrogen and oxygen atoms in total. The topological polar surface area (TPSA) is 54.9 Å². The Morgan fingerprint density at radius 3 is 2.67 bits per heavy atom. The Morgan fingerprint density at radius 1 is 1.33 bits per heavy atom. The van der Waals surface area contributed by atoms with Gasteiger partial charge in [-0.15, -0.1) is 10.2 Å². The number of aromatic nitrogens is 2. The first kappa shape index (κ1) is 13.0. The SMILES string of the molecule is O=C(/C=C/c1c(Cl)cccc1Cl)Nc1nncs1. The minimum atomic E-state index is -0.317. The monoisotopic (exact) mass is 299 g/mol. The predicted octanol–water partition coefficient (Wildman–Crippen LogP) is 3.50. The van der Waals surface area contributed by atoms with Crippen molar-refractivity contribution in [1.82, 2.24) is 10.2 Å². The summed E-state index contributed by atoms with van der Waals surface area (Å²) >= 11 is 13.2. The van der Waals surface area contributed by atoms with E-state index in [0.29, 0.717) is 20.7 Å². The molecule has 2 rings (SSSR count). The summed E-state index contributed by atoms with van der Waals surface area (Å²) in [6.45, 7) is 0. The smallest absolute Gasteiger partial charge is 0.250 e. The Labute approximate surface area is 117 Å². The summed E-state index contributed by atoms with van der Waals surface area (Å²) < 4.78 is 0. The Hall–Kier alpha value is -1.43. The molecule has 0 aliphatic heterocycles. The Bertz CT molecular complexity index is 564. The third kappa shape index (κ3) is 3.29. The zero-order chi connectivity index (χ0) is 13.0. The van der Waals surface area contributed by atoms with E-state index in [1.165, 1.54) is 22.9 Å². The third-order valence-corrected chi connectivity index (χ3v) is 3.26. The van der Waals surface area contributed by atoms with Gasteiger partial charge in [-0.25, -0.2) is 0 Å². The van der Waals surface area contributed by atoms with Gasteiger partial charge in [-0.05, 0) is 18.2 Å². The molecule has 18 heavy (non-hydrogen) atoms. The van der Waals surface area contributed by atoms with Crippen molar-refractivity contribution < 1.29 is 4.79 Å². The summed E-state index contributed by atoms with van der Waals surface area (Å²) in [6, 6.07) is 5.15. The van der Waals surface area contributed by atoms with Crippen LogP contribution in [0.25, 0.3) is 6.08 Å². The molecule has 1 N–H and O–H groups in total. The van der Waals surface area contributed by atoms with Gasteiger partial charge in [0.1, 0.15) is 5.51 Å². The van der Waals surface area contributed by atoms with Crippen molar-refractivity contribution in [2.45, 2.75) is 0 Å². The van der Waals surface area contributed by atoms with E-state index in [0.717, 1.165) is 0 Å². The summed E-state index contributed by atoms with van der Waals surface area (Å²) in [5, 5.41) is 11.3. The average molecular weight is 300 g/mol. The van der Waals surface area contributed by atoms with Crippen molar-refractivity contribution in [1.29, 1.82) is 0 Å². The van der Waals surface area contributed by atoms with E-state index in [9.17, 15) is 4.79 Å². The van der Waals surface area contributed by atoms with Crippen LogP contribution in [0.1, 0.15) is 5.56 Å². The molecule has 0 saturated heterocycles. The fraction of sp³-hybridized carbons (Fsp3) is 0. The first-order chi connectivity index (χ1) is 8.66. The predicted molar refractivity (Wildman–Crippen MR) is 74.0 cm³/mol. The van der Waals surface area contributed by atoms with E-state index < -0.39 is 0 Å². The molecule has 0 aliphatic rings. The fourth-order valence-corrected chi connectivity index (χ4v) is 2.17. The lowest BCUT2D eigenvalue weighted by Crippen LogP contribution is -2.07. The molecule has 2 aromatic rings. The van der Waals surface area contributed by atoms with E-state index in [2.05, 4.69) is 15.5 Å². The highest BCUT2D eigenvalue weighted by Gasteiger charge is 2.04. The zero-order valence-electron chi connectivity index (χ0n) is 8.93. The number of benzene rings is 1. The molecule has 1 aromatic carbocycles. The number of hydrogen-bond donors (Lipinski definition) is 1. The molecule has 0 atom stereocenters. The highest BCUT2D eigenvalue weighted by Crippen LogP contribution is 2.25. The molecule has 0 radical (unpaired) electrons. The molecular formula is C11H7Cl2N3OS. The van der Waals surface area contributed by atoms with Gasteiger partial charge in [-0.3, -0.25) is 10.1 Å². The molecular weight excluding hydrogens is 293 g/mol. The number of hydrogen-bond acceptors (Lipinski definition) is 4. The van der Waals surface area contributed by atoms with Crippen LogP contribution in [0.2, 0.25) is 10.0 Å². The summed E-state index contributed by atoms with van der Waals surface area (Å²) in [5.41, 5.74) is 2.14. The van der Waals surface area contributed by atoms with Crippen molar-refractivity contribution in [3.8, 4) is 0 Å². The van der Waals surface area contributed by atoms with Crippen molar-refractivity contribution in [2.24, 2.45) is 0 Å². The van der Waals surface area contributed by atoms with Crippen LogP contribution in [0.4, 0.5) is 5.13 Å². The van der Waals surface area contributed by atoms with Gasteiger partial charge in [0.25, 0.3) is 0 Å². The van der Waals surface area contributed by atoms with Crippen LogP contribution in [0, 0.1) is 0 Å². The molecule has 0 spiro atoms. The number of halogens is 2. The highest BCUT2D eigenvalue weighted by atomic mass is 35.5. The molecule has 0 unspecified atom stereocenters. The minimum Gasteiger partial charge on any atom is -0.297 e. The van der Waals surface area contributed by atoms with Gasteiger partial charge in [-0.1, -0.05) is 40.6 Å². The van der Waals surface area contributed by atoms with Crippen molar-refractivity contribution >= 4 is 51.7 Å². The van der Waals surface area contributed by atoms with E-state index in [1.54, 1.807) is 24.3 Å². The number of nitrogens with one attached hydrogen (secondary N) is 1. The van der Waals surface area contributed by atoms with Gasteiger partial charge in [0, 0.05) is 21.7 Å². The molecule has 7 heteroatoms. The Balaban J connectivity index is 2.09. The summed E-state index contributed by atoms with van der Waals surface area (Å²) in [6.07, 6.45) is 2.90. The second-order valence-corrected chi connectivity index (χ2v) is 4.85. The lowest BCUT2D eigenvalue weighted by atomic mass is 10.2. The van der Waals surface area contributed by atoms with Crippen LogP contribution in [0.5, 0.6) is 0 Å². The number of carbonyl (C=O) groups excluding carboxylic acids is 1. The molecule has 1 aromatic heterocycles. The van der Waals surface area contributed by atoms with E-state index >= 15 is 0 Å². The van der Waals surface area contributed by atoms with Crippen molar-refractivity contribution in [2.75, 3.05) is 5.32 Å². The zero-order valence-corrected chi connectivity index (χ0v) is 11.3. The van der Waals surface area contributed by atoms with Crippen LogP contribution in [-0.4, -0.2) is 16.1 Å².